The lowest BCUT2D eigenvalue weighted by Crippen LogP contribution is -2.38. The maximum Gasteiger partial charge on any atom is 0.249 e. The third-order valence-electron chi connectivity index (χ3n) is 5.14. The monoisotopic (exact) mass is 437 g/mol. The van der Waals surface area contributed by atoms with Crippen LogP contribution in [0.15, 0.2) is 21.3 Å². The Hall–Kier alpha value is -1.73. The van der Waals surface area contributed by atoms with Crippen molar-refractivity contribution < 1.29 is 9.53 Å². The average Bonchev–Trinajstić information content (AvgIpc) is 2.76. The van der Waals surface area contributed by atoms with E-state index in [9.17, 15) is 4.79 Å². The molecule has 1 aliphatic heterocycles. The van der Waals surface area contributed by atoms with Gasteiger partial charge in [0.25, 0.3) is 0 Å². The number of amides is 1. The minimum Gasteiger partial charge on any atom is -0.379 e. The lowest BCUT2D eigenvalue weighted by Gasteiger charge is -2.26. The number of hydrogen-bond donors (Lipinski definition) is 2. The second-order valence-electron chi connectivity index (χ2n) is 8.68. The summed E-state index contributed by atoms with van der Waals surface area (Å²) in [7, 11) is 1.77. The average molecular weight is 438 g/mol. The van der Waals surface area contributed by atoms with Crippen molar-refractivity contribution in [2.75, 3.05) is 53.0 Å². The van der Waals surface area contributed by atoms with E-state index in [1.54, 1.807) is 13.4 Å². The molecule has 1 aliphatic rings. The van der Waals surface area contributed by atoms with Gasteiger partial charge in [0, 0.05) is 44.2 Å². The SMILES string of the molecule is CC.CCC(C)CNC(=O)/C(C)=C(\NC=NCCN1CCOCC1)C(=NC)C(C)(C)C. The Morgan fingerprint density at radius 1 is 1.23 bits per heavy atom. The van der Waals surface area contributed by atoms with Crippen molar-refractivity contribution in [2.45, 2.75) is 61.8 Å². The minimum atomic E-state index is -0.197. The van der Waals surface area contributed by atoms with Crippen molar-refractivity contribution in [1.29, 1.82) is 0 Å². The molecule has 1 atom stereocenters. The van der Waals surface area contributed by atoms with Crippen molar-refractivity contribution in [3.05, 3.63) is 11.3 Å². The van der Waals surface area contributed by atoms with Crippen molar-refractivity contribution in [2.24, 2.45) is 21.3 Å². The molecule has 0 saturated carbocycles. The molecular weight excluding hydrogens is 390 g/mol. The van der Waals surface area contributed by atoms with Crippen LogP contribution in [0.3, 0.4) is 0 Å². The molecule has 0 aliphatic carbocycles. The first kappa shape index (κ1) is 29.3. The van der Waals surface area contributed by atoms with Gasteiger partial charge in [0.15, 0.2) is 0 Å². The van der Waals surface area contributed by atoms with Crippen molar-refractivity contribution >= 4 is 18.0 Å². The van der Waals surface area contributed by atoms with Crippen LogP contribution in [0.4, 0.5) is 0 Å². The number of morpholine rings is 1. The van der Waals surface area contributed by atoms with Crippen LogP contribution in [-0.2, 0) is 9.53 Å². The van der Waals surface area contributed by atoms with E-state index in [0.29, 0.717) is 24.6 Å². The summed E-state index contributed by atoms with van der Waals surface area (Å²) in [5, 5.41) is 6.28. The molecule has 1 heterocycles. The van der Waals surface area contributed by atoms with Gasteiger partial charge < -0.3 is 15.4 Å². The normalized spacial score (nSPS) is 17.5. The summed E-state index contributed by atoms with van der Waals surface area (Å²) in [4.78, 5) is 24.0. The van der Waals surface area contributed by atoms with Crippen LogP contribution in [-0.4, -0.2) is 75.8 Å². The third-order valence-corrected chi connectivity index (χ3v) is 5.14. The van der Waals surface area contributed by atoms with E-state index in [4.69, 9.17) is 4.74 Å². The molecule has 7 nitrogen and oxygen atoms in total. The van der Waals surface area contributed by atoms with E-state index in [-0.39, 0.29) is 11.3 Å². The second kappa shape index (κ2) is 16.0. The van der Waals surface area contributed by atoms with Crippen LogP contribution < -0.4 is 10.6 Å². The molecule has 1 saturated heterocycles. The van der Waals surface area contributed by atoms with Crippen LogP contribution in [0.2, 0.25) is 0 Å². The van der Waals surface area contributed by atoms with Gasteiger partial charge in [-0.3, -0.25) is 19.7 Å². The molecule has 1 fully saturated rings. The van der Waals surface area contributed by atoms with Crippen LogP contribution >= 0.6 is 0 Å². The molecule has 0 radical (unpaired) electrons. The first-order valence-electron chi connectivity index (χ1n) is 11.7. The highest BCUT2D eigenvalue weighted by Crippen LogP contribution is 2.22. The molecular formula is C24H47N5O2. The number of carbonyl (C=O) groups excluding carboxylic acids is 1. The summed E-state index contributed by atoms with van der Waals surface area (Å²) in [5.74, 6) is 0.381. The standard InChI is InChI=1S/C22H41N5O2.C2H6/c1-8-17(2)15-25-21(28)18(3)19(20(23-7)22(4,5)6)26-16-24-9-10-27-11-13-29-14-12-27;1-2/h16-17H,8-15H2,1-7H3,(H,24,26)(H,25,28);1-2H3/b19-18-,23-20?;. The number of carbonyl (C=O) groups is 1. The van der Waals surface area contributed by atoms with Crippen LogP contribution in [0, 0.1) is 11.3 Å². The highest BCUT2D eigenvalue weighted by atomic mass is 16.5. The highest BCUT2D eigenvalue weighted by Gasteiger charge is 2.25. The topological polar surface area (TPSA) is 78.3 Å². The summed E-state index contributed by atoms with van der Waals surface area (Å²) in [6, 6.07) is 0. The number of nitrogens with zero attached hydrogens (tertiary/aromatic N) is 3. The van der Waals surface area contributed by atoms with E-state index in [1.807, 2.05) is 20.8 Å². The fourth-order valence-electron chi connectivity index (χ4n) is 3.03. The zero-order valence-electron chi connectivity index (χ0n) is 21.5. The summed E-state index contributed by atoms with van der Waals surface area (Å²) in [6.45, 7) is 22.2. The molecule has 0 spiro atoms. The summed E-state index contributed by atoms with van der Waals surface area (Å²) in [6.07, 6.45) is 2.73. The number of ether oxygens (including phenoxy) is 1. The molecule has 0 aromatic heterocycles. The van der Waals surface area contributed by atoms with Gasteiger partial charge in [-0.25, -0.2) is 0 Å². The summed E-state index contributed by atoms with van der Waals surface area (Å²) < 4.78 is 5.37. The first-order valence-corrected chi connectivity index (χ1v) is 11.7. The number of rotatable bonds is 10. The van der Waals surface area contributed by atoms with Gasteiger partial charge in [0.1, 0.15) is 0 Å². The number of allylic oxidation sites excluding steroid dienone is 1. The number of aliphatic imine (C=N–C) groups is 2. The Labute approximate surface area is 190 Å². The van der Waals surface area contributed by atoms with Crippen LogP contribution in [0.1, 0.15) is 61.8 Å². The molecule has 31 heavy (non-hydrogen) atoms. The maximum atomic E-state index is 12.7. The van der Waals surface area contributed by atoms with Gasteiger partial charge in [-0.1, -0.05) is 54.9 Å². The second-order valence-corrected chi connectivity index (χ2v) is 8.68. The predicted octanol–water partition coefficient (Wildman–Crippen LogP) is 3.52. The van der Waals surface area contributed by atoms with E-state index < -0.39 is 0 Å². The Morgan fingerprint density at radius 2 is 1.84 bits per heavy atom. The zero-order chi connectivity index (χ0) is 23.9. The molecule has 0 aromatic carbocycles. The van der Waals surface area contributed by atoms with Gasteiger partial charge in [0.2, 0.25) is 5.91 Å². The Morgan fingerprint density at radius 3 is 2.35 bits per heavy atom. The lowest BCUT2D eigenvalue weighted by molar-refractivity contribution is -0.117. The maximum absolute atomic E-state index is 12.7. The van der Waals surface area contributed by atoms with Gasteiger partial charge in [-0.2, -0.15) is 0 Å². The van der Waals surface area contributed by atoms with Gasteiger partial charge in [-0.05, 0) is 12.8 Å². The van der Waals surface area contributed by atoms with E-state index >= 15 is 0 Å². The highest BCUT2D eigenvalue weighted by molar-refractivity contribution is 6.10. The molecule has 180 valence electrons. The lowest BCUT2D eigenvalue weighted by atomic mass is 9.86. The molecule has 0 aromatic rings. The molecule has 2 N–H and O–H groups in total. The zero-order valence-corrected chi connectivity index (χ0v) is 21.5. The van der Waals surface area contributed by atoms with E-state index in [0.717, 1.165) is 50.7 Å². The van der Waals surface area contributed by atoms with Crippen molar-refractivity contribution in [3.8, 4) is 0 Å². The van der Waals surface area contributed by atoms with Gasteiger partial charge in [-0.15, -0.1) is 0 Å². The van der Waals surface area contributed by atoms with Gasteiger partial charge in [0.05, 0.1) is 37.5 Å². The smallest absolute Gasteiger partial charge is 0.249 e. The van der Waals surface area contributed by atoms with E-state index in [1.165, 1.54) is 0 Å². The molecule has 0 bridgehead atoms. The van der Waals surface area contributed by atoms with E-state index in [2.05, 4.69) is 60.1 Å². The van der Waals surface area contributed by atoms with Crippen LogP contribution in [0.25, 0.3) is 0 Å². The minimum absolute atomic E-state index is 0.0695. The van der Waals surface area contributed by atoms with Crippen LogP contribution in [0.5, 0.6) is 0 Å². The summed E-state index contributed by atoms with van der Waals surface area (Å²) >= 11 is 0. The van der Waals surface area contributed by atoms with Crippen molar-refractivity contribution in [1.82, 2.24) is 15.5 Å². The summed E-state index contributed by atoms with van der Waals surface area (Å²) in [5.41, 5.74) is 2.02. The molecule has 1 unspecified atom stereocenters. The van der Waals surface area contributed by atoms with Gasteiger partial charge >= 0.3 is 0 Å². The van der Waals surface area contributed by atoms with Crippen molar-refractivity contribution in [3.63, 3.8) is 0 Å². The Kier molecular flexibility index (Phi) is 15.1. The first-order chi connectivity index (χ1) is 14.7. The third kappa shape index (κ3) is 11.5. The molecule has 7 heteroatoms. The predicted molar refractivity (Wildman–Crippen MR) is 133 cm³/mol. The fourth-order valence-corrected chi connectivity index (χ4v) is 3.03. The number of hydrogen-bond acceptors (Lipinski definition) is 5. The largest absolute Gasteiger partial charge is 0.379 e. The quantitative estimate of drug-likeness (QED) is 0.311. The fraction of sp³-hybridized carbons (Fsp3) is 0.792. The number of nitrogens with one attached hydrogen (secondary N) is 2. The molecule has 1 amide bonds. The Bertz CT molecular complexity index is 600. The molecule has 1 rings (SSSR count). The Balaban J connectivity index is 0.00000436.